The van der Waals surface area contributed by atoms with Gasteiger partial charge in [0.1, 0.15) is 0 Å². The van der Waals surface area contributed by atoms with Gasteiger partial charge >= 0.3 is 0 Å². The van der Waals surface area contributed by atoms with Gasteiger partial charge in [0.05, 0.1) is 7.11 Å². The van der Waals surface area contributed by atoms with Crippen molar-refractivity contribution in [3.05, 3.63) is 58.9 Å². The summed E-state index contributed by atoms with van der Waals surface area (Å²) in [5.41, 5.74) is 3.88. The van der Waals surface area contributed by atoms with Crippen molar-refractivity contribution in [1.29, 1.82) is 0 Å². The summed E-state index contributed by atoms with van der Waals surface area (Å²) >= 11 is 0. The minimum atomic E-state index is -0.408. The van der Waals surface area contributed by atoms with Gasteiger partial charge in [-0.1, -0.05) is 12.1 Å². The maximum absolute atomic E-state index is 13.6. The van der Waals surface area contributed by atoms with Crippen molar-refractivity contribution < 1.29 is 13.9 Å². The number of aryl methyl sites for hydroxylation is 3. The molecule has 0 aliphatic rings. The smallest absolute Gasteiger partial charge is 0.224 e. The fourth-order valence-corrected chi connectivity index (χ4v) is 2.17. The van der Waals surface area contributed by atoms with E-state index in [2.05, 4.69) is 5.32 Å². The quantitative estimate of drug-likeness (QED) is 0.905. The first kappa shape index (κ1) is 16.0. The molecule has 2 rings (SSSR count). The molecule has 0 fully saturated rings. The maximum Gasteiger partial charge on any atom is 0.224 e. The molecule has 0 bridgehead atoms. The van der Waals surface area contributed by atoms with Gasteiger partial charge in [0.25, 0.3) is 0 Å². The summed E-state index contributed by atoms with van der Waals surface area (Å²) in [6.07, 6.45) is 0.788. The summed E-state index contributed by atoms with van der Waals surface area (Å²) in [5, 5.41) is 2.86. The number of amides is 1. The van der Waals surface area contributed by atoms with Gasteiger partial charge < -0.3 is 10.1 Å². The number of hydrogen-bond donors (Lipinski definition) is 1. The van der Waals surface area contributed by atoms with Gasteiger partial charge in [-0.3, -0.25) is 4.79 Å². The normalized spacial score (nSPS) is 10.4. The van der Waals surface area contributed by atoms with Crippen molar-refractivity contribution >= 4 is 11.6 Å². The van der Waals surface area contributed by atoms with Crippen LogP contribution in [0.15, 0.2) is 36.4 Å². The summed E-state index contributed by atoms with van der Waals surface area (Å²) in [5.74, 6) is -0.280. The molecule has 0 aromatic heterocycles. The van der Waals surface area contributed by atoms with Crippen molar-refractivity contribution in [3.63, 3.8) is 0 Å². The van der Waals surface area contributed by atoms with E-state index in [9.17, 15) is 9.18 Å². The van der Waals surface area contributed by atoms with E-state index < -0.39 is 5.82 Å². The Bertz CT molecular complexity index is 683. The molecular formula is C18H20FNO2. The summed E-state index contributed by atoms with van der Waals surface area (Å²) < 4.78 is 18.4. The lowest BCUT2D eigenvalue weighted by Crippen LogP contribution is -2.12. The van der Waals surface area contributed by atoms with E-state index >= 15 is 0 Å². The van der Waals surface area contributed by atoms with Gasteiger partial charge in [0.15, 0.2) is 11.6 Å². The van der Waals surface area contributed by atoms with Crippen LogP contribution in [0, 0.1) is 19.7 Å². The largest absolute Gasteiger partial charge is 0.494 e. The van der Waals surface area contributed by atoms with Gasteiger partial charge in [-0.25, -0.2) is 4.39 Å². The average Bonchev–Trinajstić information content (AvgIpc) is 2.49. The third-order valence-electron chi connectivity index (χ3n) is 3.65. The first-order valence-electron chi connectivity index (χ1n) is 7.19. The van der Waals surface area contributed by atoms with Gasteiger partial charge in [0, 0.05) is 12.1 Å². The molecule has 0 saturated carbocycles. The van der Waals surface area contributed by atoms with Crippen molar-refractivity contribution in [1.82, 2.24) is 0 Å². The zero-order valence-electron chi connectivity index (χ0n) is 13.1. The standard InChI is InChI=1S/C18H20FNO2/c1-12-4-7-15(10-13(12)2)20-18(21)9-6-14-5-8-17(22-3)16(19)11-14/h4-5,7-8,10-11H,6,9H2,1-3H3,(H,20,21). The van der Waals surface area contributed by atoms with Crippen LogP contribution in [0.1, 0.15) is 23.1 Å². The predicted octanol–water partition coefficient (Wildman–Crippen LogP) is 4.02. The van der Waals surface area contributed by atoms with E-state index in [-0.39, 0.29) is 11.7 Å². The number of carbonyl (C=O) groups excluding carboxylic acids is 1. The molecule has 0 aliphatic carbocycles. The Balaban J connectivity index is 1.92. The summed E-state index contributed by atoms with van der Waals surface area (Å²) in [4.78, 5) is 12.0. The molecule has 0 spiro atoms. The fourth-order valence-electron chi connectivity index (χ4n) is 2.17. The van der Waals surface area contributed by atoms with Crippen LogP contribution in [0.25, 0.3) is 0 Å². The number of halogens is 1. The number of carbonyl (C=O) groups is 1. The lowest BCUT2D eigenvalue weighted by atomic mass is 10.1. The van der Waals surface area contributed by atoms with Gasteiger partial charge in [0.2, 0.25) is 5.91 Å². The highest BCUT2D eigenvalue weighted by Crippen LogP contribution is 2.19. The molecule has 2 aromatic rings. The molecular weight excluding hydrogens is 281 g/mol. The zero-order chi connectivity index (χ0) is 16.1. The Kier molecular flexibility index (Phi) is 5.15. The molecule has 0 saturated heterocycles. The molecule has 4 heteroatoms. The van der Waals surface area contributed by atoms with E-state index in [1.165, 1.54) is 18.7 Å². The van der Waals surface area contributed by atoms with Crippen molar-refractivity contribution in [2.45, 2.75) is 26.7 Å². The third kappa shape index (κ3) is 4.07. The van der Waals surface area contributed by atoms with Crippen LogP contribution in [0.3, 0.4) is 0 Å². The highest BCUT2D eigenvalue weighted by molar-refractivity contribution is 5.90. The van der Waals surface area contributed by atoms with Crippen LogP contribution in [-0.4, -0.2) is 13.0 Å². The Morgan fingerprint density at radius 3 is 2.55 bits per heavy atom. The highest BCUT2D eigenvalue weighted by atomic mass is 19.1. The molecule has 1 amide bonds. The molecule has 22 heavy (non-hydrogen) atoms. The van der Waals surface area contributed by atoms with Gasteiger partial charge in [-0.15, -0.1) is 0 Å². The van der Waals surface area contributed by atoms with E-state index in [0.29, 0.717) is 12.8 Å². The minimum absolute atomic E-state index is 0.0838. The van der Waals surface area contributed by atoms with Gasteiger partial charge in [-0.2, -0.15) is 0 Å². The number of benzene rings is 2. The molecule has 0 heterocycles. The Morgan fingerprint density at radius 1 is 1.14 bits per heavy atom. The minimum Gasteiger partial charge on any atom is -0.494 e. The maximum atomic E-state index is 13.6. The second-order valence-corrected chi connectivity index (χ2v) is 5.32. The van der Waals surface area contributed by atoms with Crippen LogP contribution in [0.4, 0.5) is 10.1 Å². The van der Waals surface area contributed by atoms with Crippen LogP contribution in [-0.2, 0) is 11.2 Å². The monoisotopic (exact) mass is 301 g/mol. The topological polar surface area (TPSA) is 38.3 Å². The second-order valence-electron chi connectivity index (χ2n) is 5.32. The Morgan fingerprint density at radius 2 is 1.91 bits per heavy atom. The van der Waals surface area contributed by atoms with E-state index in [4.69, 9.17) is 4.74 Å². The highest BCUT2D eigenvalue weighted by Gasteiger charge is 2.07. The molecule has 1 N–H and O–H groups in total. The van der Waals surface area contributed by atoms with Crippen molar-refractivity contribution in [2.24, 2.45) is 0 Å². The second kappa shape index (κ2) is 7.07. The first-order valence-corrected chi connectivity index (χ1v) is 7.19. The molecule has 3 nitrogen and oxygen atoms in total. The molecule has 116 valence electrons. The first-order chi connectivity index (χ1) is 10.5. The van der Waals surface area contributed by atoms with Crippen LogP contribution in [0.2, 0.25) is 0 Å². The van der Waals surface area contributed by atoms with E-state index in [1.807, 2.05) is 32.0 Å². The summed E-state index contributed by atoms with van der Waals surface area (Å²) in [6, 6.07) is 10.6. The number of ether oxygens (including phenoxy) is 1. The Labute approximate surface area is 130 Å². The van der Waals surface area contributed by atoms with Crippen molar-refractivity contribution in [3.8, 4) is 5.75 Å². The SMILES string of the molecule is COc1ccc(CCC(=O)Nc2ccc(C)c(C)c2)cc1F. The van der Waals surface area contributed by atoms with Crippen LogP contribution in [0.5, 0.6) is 5.75 Å². The average molecular weight is 301 g/mol. The number of anilines is 1. The van der Waals surface area contributed by atoms with E-state index in [1.54, 1.807) is 12.1 Å². The number of methoxy groups -OCH3 is 1. The number of nitrogens with one attached hydrogen (secondary N) is 1. The zero-order valence-corrected chi connectivity index (χ0v) is 13.1. The van der Waals surface area contributed by atoms with E-state index in [0.717, 1.165) is 16.8 Å². The third-order valence-corrected chi connectivity index (χ3v) is 3.65. The lowest BCUT2D eigenvalue weighted by molar-refractivity contribution is -0.116. The number of rotatable bonds is 5. The van der Waals surface area contributed by atoms with Gasteiger partial charge in [-0.05, 0) is 61.2 Å². The predicted molar refractivity (Wildman–Crippen MR) is 85.8 cm³/mol. The summed E-state index contributed by atoms with van der Waals surface area (Å²) in [7, 11) is 1.43. The van der Waals surface area contributed by atoms with Crippen molar-refractivity contribution in [2.75, 3.05) is 12.4 Å². The molecule has 2 aromatic carbocycles. The molecule has 0 radical (unpaired) electrons. The lowest BCUT2D eigenvalue weighted by Gasteiger charge is -2.08. The summed E-state index contributed by atoms with van der Waals surface area (Å²) in [6.45, 7) is 4.03. The molecule has 0 unspecified atom stereocenters. The number of hydrogen-bond acceptors (Lipinski definition) is 2. The Hall–Kier alpha value is -2.36. The molecule has 0 aliphatic heterocycles. The molecule has 0 atom stereocenters. The fraction of sp³-hybridized carbons (Fsp3) is 0.278. The van der Waals surface area contributed by atoms with Crippen LogP contribution < -0.4 is 10.1 Å². The van der Waals surface area contributed by atoms with Crippen LogP contribution >= 0.6 is 0 Å².